The fourth-order valence-corrected chi connectivity index (χ4v) is 1.94. The van der Waals surface area contributed by atoms with E-state index in [0.717, 1.165) is 17.0 Å². The van der Waals surface area contributed by atoms with Gasteiger partial charge in [0.2, 0.25) is 5.95 Å². The first kappa shape index (κ1) is 17.7. The average molecular weight is 328 g/mol. The highest BCUT2D eigenvalue weighted by atomic mass is 16.5. The van der Waals surface area contributed by atoms with E-state index in [0.29, 0.717) is 18.5 Å². The normalized spacial score (nSPS) is 11.4. The van der Waals surface area contributed by atoms with Crippen LogP contribution in [0.1, 0.15) is 44.9 Å². The molecule has 1 aromatic heterocycles. The Hall–Kier alpha value is -2.63. The topological polar surface area (TPSA) is 79.4 Å². The molecule has 0 radical (unpaired) electrons. The summed E-state index contributed by atoms with van der Waals surface area (Å²) in [6.45, 7) is 8.85. The van der Waals surface area contributed by atoms with Crippen LogP contribution in [0, 0.1) is 5.92 Å². The predicted octanol–water partition coefficient (Wildman–Crippen LogP) is 3.37. The fraction of sp³-hybridized carbons (Fsp3) is 0.389. The van der Waals surface area contributed by atoms with Crippen molar-refractivity contribution in [3.63, 3.8) is 0 Å². The van der Waals surface area contributed by atoms with Crippen molar-refractivity contribution < 1.29 is 4.74 Å². The van der Waals surface area contributed by atoms with Crippen LogP contribution in [-0.4, -0.2) is 22.8 Å². The van der Waals surface area contributed by atoms with Crippen molar-refractivity contribution in [2.45, 2.75) is 33.6 Å². The van der Waals surface area contributed by atoms with E-state index in [4.69, 9.17) is 4.74 Å². The lowest BCUT2D eigenvalue weighted by molar-refractivity contribution is 0.271. The largest absolute Gasteiger partial charge is 0.493 e. The van der Waals surface area contributed by atoms with Gasteiger partial charge in [-0.05, 0) is 29.5 Å². The van der Waals surface area contributed by atoms with E-state index in [-0.39, 0.29) is 11.5 Å². The number of hydrazone groups is 1. The van der Waals surface area contributed by atoms with Crippen molar-refractivity contribution in [2.24, 2.45) is 11.0 Å². The lowest BCUT2D eigenvalue weighted by atomic mass is 10.1. The second-order valence-corrected chi connectivity index (χ2v) is 6.32. The second kappa shape index (κ2) is 8.29. The number of hydrogen-bond donors (Lipinski definition) is 2. The molecule has 0 aliphatic heterocycles. The van der Waals surface area contributed by atoms with E-state index in [1.165, 1.54) is 6.07 Å². The third-order valence-electron chi connectivity index (χ3n) is 3.18. The zero-order valence-electron chi connectivity index (χ0n) is 14.5. The number of benzene rings is 1. The van der Waals surface area contributed by atoms with Gasteiger partial charge < -0.3 is 4.74 Å². The smallest absolute Gasteiger partial charge is 0.252 e. The van der Waals surface area contributed by atoms with Crippen molar-refractivity contribution in [1.29, 1.82) is 0 Å². The summed E-state index contributed by atoms with van der Waals surface area (Å²) < 4.78 is 5.69. The Kier molecular flexibility index (Phi) is 6.12. The zero-order chi connectivity index (χ0) is 17.5. The number of hydrogen-bond acceptors (Lipinski definition) is 5. The summed E-state index contributed by atoms with van der Waals surface area (Å²) in [4.78, 5) is 18.6. The lowest BCUT2D eigenvalue weighted by Crippen LogP contribution is -2.12. The predicted molar refractivity (Wildman–Crippen MR) is 96.9 cm³/mol. The summed E-state index contributed by atoms with van der Waals surface area (Å²) in [5.74, 6) is 1.78. The van der Waals surface area contributed by atoms with Gasteiger partial charge in [0.05, 0.1) is 18.5 Å². The number of nitrogens with one attached hydrogen (secondary N) is 2. The van der Waals surface area contributed by atoms with Crippen molar-refractivity contribution in [1.82, 2.24) is 9.97 Å². The van der Waals surface area contributed by atoms with Crippen LogP contribution in [0.15, 0.2) is 40.2 Å². The molecule has 24 heavy (non-hydrogen) atoms. The molecule has 0 aliphatic rings. The maximum atomic E-state index is 11.6. The van der Waals surface area contributed by atoms with Gasteiger partial charge in [0.1, 0.15) is 5.75 Å². The van der Waals surface area contributed by atoms with Crippen LogP contribution in [0.25, 0.3) is 0 Å². The summed E-state index contributed by atoms with van der Waals surface area (Å²) in [6, 6.07) is 9.16. The molecule has 2 rings (SSSR count). The first-order valence-electron chi connectivity index (χ1n) is 8.07. The Morgan fingerprint density at radius 2 is 2.08 bits per heavy atom. The summed E-state index contributed by atoms with van der Waals surface area (Å²) >= 11 is 0. The van der Waals surface area contributed by atoms with Crippen LogP contribution in [0.5, 0.6) is 5.75 Å². The number of rotatable bonds is 7. The summed E-state index contributed by atoms with van der Waals surface area (Å²) in [7, 11) is 0. The average Bonchev–Trinajstić information content (AvgIpc) is 2.53. The molecule has 0 aliphatic carbocycles. The van der Waals surface area contributed by atoms with E-state index < -0.39 is 0 Å². The third kappa shape index (κ3) is 5.53. The number of aromatic nitrogens is 2. The summed E-state index contributed by atoms with van der Waals surface area (Å²) in [5.41, 5.74) is 4.18. The number of H-pyrrole nitrogens is 1. The number of aromatic amines is 1. The molecule has 1 heterocycles. The van der Waals surface area contributed by atoms with Gasteiger partial charge in [0, 0.05) is 6.07 Å². The van der Waals surface area contributed by atoms with Gasteiger partial charge in [-0.25, -0.2) is 10.4 Å². The molecule has 0 saturated carbocycles. The van der Waals surface area contributed by atoms with Gasteiger partial charge in [-0.3, -0.25) is 9.78 Å². The molecule has 0 atom stereocenters. The summed E-state index contributed by atoms with van der Waals surface area (Å²) in [5, 5.41) is 4.13. The minimum Gasteiger partial charge on any atom is -0.493 e. The van der Waals surface area contributed by atoms with E-state index >= 15 is 0 Å². The van der Waals surface area contributed by atoms with Crippen molar-refractivity contribution >= 4 is 12.2 Å². The molecule has 128 valence electrons. The van der Waals surface area contributed by atoms with Crippen LogP contribution < -0.4 is 15.7 Å². The molecule has 2 aromatic rings. The van der Waals surface area contributed by atoms with Gasteiger partial charge in [0.15, 0.2) is 0 Å². The van der Waals surface area contributed by atoms with Gasteiger partial charge in [-0.1, -0.05) is 39.8 Å². The van der Waals surface area contributed by atoms with Gasteiger partial charge in [-0.15, -0.1) is 0 Å². The molecule has 0 saturated heterocycles. The van der Waals surface area contributed by atoms with E-state index in [9.17, 15) is 4.79 Å². The lowest BCUT2D eigenvalue weighted by Gasteiger charge is -2.08. The highest BCUT2D eigenvalue weighted by Crippen LogP contribution is 2.13. The van der Waals surface area contributed by atoms with Crippen molar-refractivity contribution in [3.8, 4) is 5.75 Å². The van der Waals surface area contributed by atoms with Crippen molar-refractivity contribution in [3.05, 3.63) is 51.9 Å². The Morgan fingerprint density at radius 3 is 2.79 bits per heavy atom. The molecule has 6 heteroatoms. The molecule has 0 bridgehead atoms. The Morgan fingerprint density at radius 1 is 1.29 bits per heavy atom. The molecule has 1 aromatic carbocycles. The molecule has 6 nitrogen and oxygen atoms in total. The molecule has 2 N–H and O–H groups in total. The van der Waals surface area contributed by atoms with Crippen LogP contribution in [0.4, 0.5) is 5.95 Å². The molecule has 0 spiro atoms. The molecular formula is C18H24N4O2. The standard InChI is InChI=1S/C18H24N4O2/c1-12(2)11-24-15-7-5-6-14(8-15)10-19-22-18-20-16(13(3)4)9-17(23)21-18/h5-10,12-13H,11H2,1-4H3,(H2,20,21,22,23)/b19-10-. The Labute approximate surface area is 142 Å². The summed E-state index contributed by atoms with van der Waals surface area (Å²) in [6.07, 6.45) is 1.66. The quantitative estimate of drug-likeness (QED) is 0.603. The number of ether oxygens (including phenoxy) is 1. The first-order chi connectivity index (χ1) is 11.4. The van der Waals surface area contributed by atoms with Crippen LogP contribution in [0.3, 0.4) is 0 Å². The number of nitrogens with zero attached hydrogens (tertiary/aromatic N) is 2. The SMILES string of the molecule is CC(C)COc1cccc(/C=N\Nc2nc(C(C)C)cc(=O)[nH]2)c1. The van der Waals surface area contributed by atoms with Gasteiger partial charge in [0.25, 0.3) is 5.56 Å². The minimum absolute atomic E-state index is 0.173. The van der Waals surface area contributed by atoms with Crippen LogP contribution in [-0.2, 0) is 0 Å². The monoisotopic (exact) mass is 328 g/mol. The van der Waals surface area contributed by atoms with Crippen molar-refractivity contribution in [2.75, 3.05) is 12.0 Å². The third-order valence-corrected chi connectivity index (χ3v) is 3.18. The van der Waals surface area contributed by atoms with Crippen LogP contribution in [0.2, 0.25) is 0 Å². The van der Waals surface area contributed by atoms with Gasteiger partial charge in [-0.2, -0.15) is 5.10 Å². The second-order valence-electron chi connectivity index (χ2n) is 6.32. The molecule has 0 fully saturated rings. The van der Waals surface area contributed by atoms with Gasteiger partial charge >= 0.3 is 0 Å². The molecular weight excluding hydrogens is 304 g/mol. The molecule has 0 unspecified atom stereocenters. The Balaban J connectivity index is 2.04. The maximum Gasteiger partial charge on any atom is 0.252 e. The first-order valence-corrected chi connectivity index (χ1v) is 8.07. The van der Waals surface area contributed by atoms with E-state index in [1.54, 1.807) is 6.21 Å². The fourth-order valence-electron chi connectivity index (χ4n) is 1.94. The Bertz CT molecular complexity index is 751. The maximum absolute atomic E-state index is 11.6. The van der Waals surface area contributed by atoms with Crippen LogP contribution >= 0.6 is 0 Å². The van der Waals surface area contributed by atoms with E-state index in [1.807, 2.05) is 38.1 Å². The highest BCUT2D eigenvalue weighted by Gasteiger charge is 2.04. The number of anilines is 1. The molecule has 0 amide bonds. The minimum atomic E-state index is -0.199. The zero-order valence-corrected chi connectivity index (χ0v) is 14.5. The van der Waals surface area contributed by atoms with E-state index in [2.05, 4.69) is 34.3 Å². The highest BCUT2D eigenvalue weighted by molar-refractivity contribution is 5.80.